The second kappa shape index (κ2) is 5.20. The molecule has 0 fully saturated rings. The van der Waals surface area contributed by atoms with Crippen molar-refractivity contribution >= 4 is 11.6 Å². The smallest absolute Gasteiger partial charge is 0.259 e. The normalized spacial score (nSPS) is 10.6. The lowest BCUT2D eigenvalue weighted by atomic mass is 10.2. The zero-order valence-electron chi connectivity index (χ0n) is 11.6. The Labute approximate surface area is 120 Å². The third-order valence-corrected chi connectivity index (χ3v) is 3.02. The summed E-state index contributed by atoms with van der Waals surface area (Å²) in [6.45, 7) is 3.58. The number of aryl methyl sites for hydroxylation is 2. The van der Waals surface area contributed by atoms with Gasteiger partial charge in [0.1, 0.15) is 17.8 Å². The van der Waals surface area contributed by atoms with Crippen LogP contribution < -0.4 is 5.32 Å². The van der Waals surface area contributed by atoms with Crippen LogP contribution in [0.25, 0.3) is 5.69 Å². The first kappa shape index (κ1) is 13.0. The summed E-state index contributed by atoms with van der Waals surface area (Å²) in [7, 11) is 0. The van der Waals surface area contributed by atoms with Gasteiger partial charge in [0.15, 0.2) is 0 Å². The van der Waals surface area contributed by atoms with E-state index in [2.05, 4.69) is 20.8 Å². The summed E-state index contributed by atoms with van der Waals surface area (Å²) in [6, 6.07) is 8.94. The Morgan fingerprint density at radius 3 is 2.57 bits per heavy atom. The SMILES string of the molecule is Cc1cc(C(=O)Nc2ccc(-n3cnnn3)cc2)c(C)o1. The van der Waals surface area contributed by atoms with E-state index in [0.29, 0.717) is 22.8 Å². The topological polar surface area (TPSA) is 85.8 Å². The Morgan fingerprint density at radius 2 is 2.00 bits per heavy atom. The molecule has 2 aromatic heterocycles. The van der Waals surface area contributed by atoms with Gasteiger partial charge in [0.2, 0.25) is 0 Å². The lowest BCUT2D eigenvalue weighted by Crippen LogP contribution is -2.12. The Morgan fingerprint density at radius 1 is 1.24 bits per heavy atom. The zero-order chi connectivity index (χ0) is 14.8. The van der Waals surface area contributed by atoms with E-state index in [0.717, 1.165) is 5.69 Å². The van der Waals surface area contributed by atoms with Crippen molar-refractivity contribution in [2.24, 2.45) is 0 Å². The molecule has 7 nitrogen and oxygen atoms in total. The van der Waals surface area contributed by atoms with E-state index in [1.54, 1.807) is 25.1 Å². The molecule has 2 heterocycles. The molecule has 1 amide bonds. The van der Waals surface area contributed by atoms with Crippen LogP contribution in [-0.4, -0.2) is 26.1 Å². The molecular formula is C14H13N5O2. The van der Waals surface area contributed by atoms with Crippen molar-refractivity contribution in [3.63, 3.8) is 0 Å². The van der Waals surface area contributed by atoms with E-state index in [9.17, 15) is 4.79 Å². The van der Waals surface area contributed by atoms with Crippen molar-refractivity contribution in [1.82, 2.24) is 20.2 Å². The van der Waals surface area contributed by atoms with Gasteiger partial charge in [-0.1, -0.05) is 0 Å². The highest BCUT2D eigenvalue weighted by molar-refractivity contribution is 6.05. The van der Waals surface area contributed by atoms with Gasteiger partial charge in [-0.15, -0.1) is 5.10 Å². The van der Waals surface area contributed by atoms with E-state index in [4.69, 9.17) is 4.42 Å². The number of aromatic nitrogens is 4. The van der Waals surface area contributed by atoms with Crippen molar-refractivity contribution in [2.75, 3.05) is 5.32 Å². The van der Waals surface area contributed by atoms with Crippen LogP contribution in [0.3, 0.4) is 0 Å². The average molecular weight is 283 g/mol. The zero-order valence-corrected chi connectivity index (χ0v) is 11.6. The first-order valence-corrected chi connectivity index (χ1v) is 6.35. The number of nitrogens with zero attached hydrogens (tertiary/aromatic N) is 4. The molecule has 0 aliphatic heterocycles. The Balaban J connectivity index is 1.76. The summed E-state index contributed by atoms with van der Waals surface area (Å²) in [5.74, 6) is 1.13. The second-order valence-corrected chi connectivity index (χ2v) is 4.58. The number of carbonyl (C=O) groups excluding carboxylic acids is 1. The molecule has 0 aliphatic carbocycles. The first-order chi connectivity index (χ1) is 10.1. The van der Waals surface area contributed by atoms with Gasteiger partial charge >= 0.3 is 0 Å². The summed E-state index contributed by atoms with van der Waals surface area (Å²) >= 11 is 0. The minimum atomic E-state index is -0.195. The van der Waals surface area contributed by atoms with Gasteiger partial charge in [-0.2, -0.15) is 0 Å². The standard InChI is InChI=1S/C14H13N5O2/c1-9-7-13(10(2)21-9)14(20)16-11-3-5-12(6-4-11)19-8-15-17-18-19/h3-8H,1-2H3,(H,16,20). The van der Waals surface area contributed by atoms with Gasteiger partial charge in [0.05, 0.1) is 11.3 Å². The maximum atomic E-state index is 12.2. The summed E-state index contributed by atoms with van der Waals surface area (Å²) in [5.41, 5.74) is 2.04. The minimum Gasteiger partial charge on any atom is -0.466 e. The predicted octanol–water partition coefficient (Wildman–Crippen LogP) is 2.12. The molecule has 1 aromatic carbocycles. The molecule has 1 N–H and O–H groups in total. The fourth-order valence-corrected chi connectivity index (χ4v) is 2.03. The molecule has 3 aromatic rings. The Kier molecular flexibility index (Phi) is 3.23. The van der Waals surface area contributed by atoms with Gasteiger partial charge in [-0.25, -0.2) is 4.68 Å². The molecule has 3 rings (SSSR count). The number of benzene rings is 1. The molecule has 0 atom stereocenters. The lowest BCUT2D eigenvalue weighted by Gasteiger charge is -2.05. The molecule has 0 saturated heterocycles. The van der Waals surface area contributed by atoms with Crippen LogP contribution in [0.2, 0.25) is 0 Å². The average Bonchev–Trinajstić information content (AvgIpc) is 3.09. The van der Waals surface area contributed by atoms with E-state index < -0.39 is 0 Å². The number of amides is 1. The fourth-order valence-electron chi connectivity index (χ4n) is 2.03. The molecule has 0 unspecified atom stereocenters. The molecule has 0 bridgehead atoms. The third kappa shape index (κ3) is 2.66. The summed E-state index contributed by atoms with van der Waals surface area (Å²) in [5, 5.41) is 13.8. The van der Waals surface area contributed by atoms with E-state index in [1.807, 2.05) is 19.1 Å². The number of carbonyl (C=O) groups is 1. The van der Waals surface area contributed by atoms with Crippen molar-refractivity contribution < 1.29 is 9.21 Å². The molecule has 106 valence electrons. The minimum absolute atomic E-state index is 0.195. The van der Waals surface area contributed by atoms with E-state index in [-0.39, 0.29) is 5.91 Å². The van der Waals surface area contributed by atoms with Crippen LogP contribution in [0.1, 0.15) is 21.9 Å². The molecule has 7 heteroatoms. The van der Waals surface area contributed by atoms with Crippen LogP contribution in [0.15, 0.2) is 41.1 Å². The van der Waals surface area contributed by atoms with Crippen molar-refractivity contribution in [2.45, 2.75) is 13.8 Å². The summed E-state index contributed by atoms with van der Waals surface area (Å²) in [4.78, 5) is 12.2. The number of nitrogens with one attached hydrogen (secondary N) is 1. The number of rotatable bonds is 3. The maximum absolute atomic E-state index is 12.2. The van der Waals surface area contributed by atoms with Crippen LogP contribution >= 0.6 is 0 Å². The molecule has 0 saturated carbocycles. The number of anilines is 1. The fraction of sp³-hybridized carbons (Fsp3) is 0.143. The highest BCUT2D eigenvalue weighted by Gasteiger charge is 2.13. The molecule has 21 heavy (non-hydrogen) atoms. The third-order valence-electron chi connectivity index (χ3n) is 3.02. The highest BCUT2D eigenvalue weighted by atomic mass is 16.3. The second-order valence-electron chi connectivity index (χ2n) is 4.58. The van der Waals surface area contributed by atoms with Gasteiger partial charge in [0, 0.05) is 5.69 Å². The summed E-state index contributed by atoms with van der Waals surface area (Å²) in [6.07, 6.45) is 1.51. The predicted molar refractivity (Wildman–Crippen MR) is 75.3 cm³/mol. The van der Waals surface area contributed by atoms with Gasteiger partial charge in [-0.05, 0) is 54.6 Å². The molecular weight excluding hydrogens is 270 g/mol. The van der Waals surface area contributed by atoms with E-state index >= 15 is 0 Å². The largest absolute Gasteiger partial charge is 0.466 e. The number of hydrogen-bond acceptors (Lipinski definition) is 5. The van der Waals surface area contributed by atoms with Crippen LogP contribution in [0.5, 0.6) is 0 Å². The van der Waals surface area contributed by atoms with E-state index in [1.165, 1.54) is 11.0 Å². The van der Waals surface area contributed by atoms with Crippen LogP contribution in [-0.2, 0) is 0 Å². The van der Waals surface area contributed by atoms with Crippen LogP contribution in [0, 0.1) is 13.8 Å². The number of furan rings is 1. The lowest BCUT2D eigenvalue weighted by molar-refractivity contribution is 0.102. The Hall–Kier alpha value is -2.96. The molecule has 0 radical (unpaired) electrons. The number of tetrazole rings is 1. The van der Waals surface area contributed by atoms with Crippen LogP contribution in [0.4, 0.5) is 5.69 Å². The first-order valence-electron chi connectivity index (χ1n) is 6.35. The Bertz CT molecular complexity index is 759. The maximum Gasteiger partial charge on any atom is 0.259 e. The van der Waals surface area contributed by atoms with Gasteiger partial charge in [-0.3, -0.25) is 4.79 Å². The van der Waals surface area contributed by atoms with Crippen molar-refractivity contribution in [1.29, 1.82) is 0 Å². The highest BCUT2D eigenvalue weighted by Crippen LogP contribution is 2.17. The molecule has 0 aliphatic rings. The quantitative estimate of drug-likeness (QED) is 0.795. The monoisotopic (exact) mass is 283 g/mol. The van der Waals surface area contributed by atoms with Gasteiger partial charge in [0.25, 0.3) is 5.91 Å². The van der Waals surface area contributed by atoms with Gasteiger partial charge < -0.3 is 9.73 Å². The van der Waals surface area contributed by atoms with Crippen molar-refractivity contribution in [3.8, 4) is 5.69 Å². The molecule has 0 spiro atoms. The van der Waals surface area contributed by atoms with Crippen molar-refractivity contribution in [3.05, 3.63) is 53.7 Å². The summed E-state index contributed by atoms with van der Waals surface area (Å²) < 4.78 is 6.89. The number of hydrogen-bond donors (Lipinski definition) is 1.